The van der Waals surface area contributed by atoms with Crippen LogP contribution < -0.4 is 10.9 Å². The minimum Gasteiger partial charge on any atom is -0.385 e. The third-order valence-electron chi connectivity index (χ3n) is 3.18. The van der Waals surface area contributed by atoms with E-state index in [4.69, 9.17) is 0 Å². The summed E-state index contributed by atoms with van der Waals surface area (Å²) in [5.41, 5.74) is 1.85. The Morgan fingerprint density at radius 3 is 3.10 bits per heavy atom. The highest BCUT2D eigenvalue weighted by atomic mass is 32.1. The van der Waals surface area contributed by atoms with Crippen LogP contribution in [-0.4, -0.2) is 21.1 Å². The zero-order valence-corrected chi connectivity index (χ0v) is 12.6. The number of fused-ring (bicyclic) bond motifs is 1. The topological polar surface area (TPSA) is 59.8 Å². The fraction of sp³-hybridized carbons (Fsp3) is 0.267. The summed E-state index contributed by atoms with van der Waals surface area (Å²) in [4.78, 5) is 21.8. The number of thiophene rings is 1. The fourth-order valence-corrected chi connectivity index (χ4v) is 2.85. The van der Waals surface area contributed by atoms with Crippen molar-refractivity contribution in [3.63, 3.8) is 0 Å². The fourth-order valence-electron chi connectivity index (χ4n) is 2.12. The van der Waals surface area contributed by atoms with Gasteiger partial charge in [-0.1, -0.05) is 6.92 Å². The second-order valence-corrected chi connectivity index (χ2v) is 5.67. The van der Waals surface area contributed by atoms with Crippen molar-refractivity contribution in [3.05, 3.63) is 52.2 Å². The molecule has 6 heteroatoms. The molecule has 0 saturated carbocycles. The minimum absolute atomic E-state index is 0.0185. The van der Waals surface area contributed by atoms with Crippen LogP contribution in [0.25, 0.3) is 10.2 Å². The van der Waals surface area contributed by atoms with Gasteiger partial charge in [0.05, 0.1) is 24.0 Å². The van der Waals surface area contributed by atoms with E-state index in [9.17, 15) is 4.79 Å². The number of hydrogen-bond donors (Lipinski definition) is 1. The largest absolute Gasteiger partial charge is 0.385 e. The molecule has 0 amide bonds. The lowest BCUT2D eigenvalue weighted by Crippen LogP contribution is -2.21. The summed E-state index contributed by atoms with van der Waals surface area (Å²) >= 11 is 1.48. The summed E-state index contributed by atoms with van der Waals surface area (Å²) in [6, 6.07) is 5.72. The zero-order chi connectivity index (χ0) is 14.7. The molecule has 0 saturated heterocycles. The Morgan fingerprint density at radius 1 is 1.33 bits per heavy atom. The number of hydrogen-bond acceptors (Lipinski definition) is 5. The molecular weight excluding hydrogens is 284 g/mol. The van der Waals surface area contributed by atoms with Gasteiger partial charge in [0.25, 0.3) is 5.56 Å². The van der Waals surface area contributed by atoms with Crippen molar-refractivity contribution < 1.29 is 0 Å². The van der Waals surface area contributed by atoms with Gasteiger partial charge in [-0.2, -0.15) is 0 Å². The lowest BCUT2D eigenvalue weighted by molar-refractivity contribution is 0.731. The SMILES string of the molecule is CCCNc1ccnc(Cn2cnc3sccc3c2=O)c1. The Morgan fingerprint density at radius 2 is 2.24 bits per heavy atom. The molecule has 3 rings (SSSR count). The van der Waals surface area contributed by atoms with E-state index in [1.165, 1.54) is 11.3 Å². The smallest absolute Gasteiger partial charge is 0.262 e. The second kappa shape index (κ2) is 6.05. The molecule has 1 N–H and O–H groups in total. The normalized spacial score (nSPS) is 10.9. The molecule has 0 aromatic carbocycles. The molecule has 0 atom stereocenters. The van der Waals surface area contributed by atoms with Crippen molar-refractivity contribution >= 4 is 27.2 Å². The van der Waals surface area contributed by atoms with Gasteiger partial charge in [-0.15, -0.1) is 11.3 Å². The highest BCUT2D eigenvalue weighted by Crippen LogP contribution is 2.14. The summed E-state index contributed by atoms with van der Waals surface area (Å²) in [6.07, 6.45) is 4.42. The molecule has 0 bridgehead atoms. The highest BCUT2D eigenvalue weighted by molar-refractivity contribution is 7.16. The maximum absolute atomic E-state index is 12.3. The Kier molecular flexibility index (Phi) is 3.96. The number of rotatable bonds is 5. The summed E-state index contributed by atoms with van der Waals surface area (Å²) in [7, 11) is 0. The zero-order valence-electron chi connectivity index (χ0n) is 11.7. The molecule has 3 heterocycles. The van der Waals surface area contributed by atoms with E-state index in [0.717, 1.165) is 29.2 Å². The number of anilines is 1. The molecule has 0 aliphatic carbocycles. The van der Waals surface area contributed by atoms with Gasteiger partial charge in [-0.25, -0.2) is 4.98 Å². The van der Waals surface area contributed by atoms with Gasteiger partial charge >= 0.3 is 0 Å². The van der Waals surface area contributed by atoms with E-state index in [-0.39, 0.29) is 5.56 Å². The van der Waals surface area contributed by atoms with Gasteiger partial charge in [0.15, 0.2) is 0 Å². The molecule has 0 aliphatic heterocycles. The van der Waals surface area contributed by atoms with Crippen LogP contribution >= 0.6 is 11.3 Å². The van der Waals surface area contributed by atoms with Gasteiger partial charge < -0.3 is 5.32 Å². The average Bonchev–Trinajstić information content (AvgIpc) is 2.98. The van der Waals surface area contributed by atoms with E-state index in [1.807, 2.05) is 23.6 Å². The third kappa shape index (κ3) is 2.95. The monoisotopic (exact) mass is 300 g/mol. The van der Waals surface area contributed by atoms with Crippen LogP contribution in [-0.2, 0) is 6.54 Å². The number of pyridine rings is 1. The lowest BCUT2D eigenvalue weighted by Gasteiger charge is -2.08. The average molecular weight is 300 g/mol. The van der Waals surface area contributed by atoms with Crippen molar-refractivity contribution in [3.8, 4) is 0 Å². The first-order valence-electron chi connectivity index (χ1n) is 6.89. The number of aromatic nitrogens is 3. The predicted octanol–water partition coefficient (Wildman–Crippen LogP) is 2.72. The van der Waals surface area contributed by atoms with Crippen LogP contribution in [0.1, 0.15) is 19.0 Å². The summed E-state index contributed by atoms with van der Waals surface area (Å²) in [6.45, 7) is 3.47. The molecule has 5 nitrogen and oxygen atoms in total. The van der Waals surface area contributed by atoms with Crippen LogP contribution in [0.15, 0.2) is 40.9 Å². The molecule has 3 aromatic heterocycles. The van der Waals surface area contributed by atoms with E-state index in [0.29, 0.717) is 11.9 Å². The van der Waals surface area contributed by atoms with Gasteiger partial charge in [-0.05, 0) is 30.0 Å². The van der Waals surface area contributed by atoms with Crippen LogP contribution in [0.2, 0.25) is 0 Å². The molecule has 0 fully saturated rings. The van der Waals surface area contributed by atoms with Gasteiger partial charge in [0, 0.05) is 18.4 Å². The van der Waals surface area contributed by atoms with Gasteiger partial charge in [0.1, 0.15) is 4.83 Å². The molecule has 3 aromatic rings. The third-order valence-corrected chi connectivity index (χ3v) is 4.00. The minimum atomic E-state index is -0.0185. The van der Waals surface area contributed by atoms with Crippen molar-refractivity contribution in [2.24, 2.45) is 0 Å². The lowest BCUT2D eigenvalue weighted by atomic mass is 10.3. The Bertz CT molecular complexity index is 809. The predicted molar refractivity (Wildman–Crippen MR) is 86.0 cm³/mol. The summed E-state index contributed by atoms with van der Waals surface area (Å²) in [5.74, 6) is 0. The molecule has 0 spiro atoms. The van der Waals surface area contributed by atoms with Crippen LogP contribution in [0.5, 0.6) is 0 Å². The quantitative estimate of drug-likeness (QED) is 0.787. The van der Waals surface area contributed by atoms with Crippen LogP contribution in [0, 0.1) is 0 Å². The summed E-state index contributed by atoms with van der Waals surface area (Å²) in [5, 5.41) is 5.87. The first kappa shape index (κ1) is 13.8. The Balaban J connectivity index is 1.88. The van der Waals surface area contributed by atoms with Gasteiger partial charge in [0.2, 0.25) is 0 Å². The van der Waals surface area contributed by atoms with E-state index >= 15 is 0 Å². The Labute approximate surface area is 126 Å². The van der Waals surface area contributed by atoms with E-state index < -0.39 is 0 Å². The Hall–Kier alpha value is -2.21. The molecule has 0 aliphatic rings. The number of nitrogens with one attached hydrogen (secondary N) is 1. The van der Waals surface area contributed by atoms with Crippen molar-refractivity contribution in [1.29, 1.82) is 0 Å². The van der Waals surface area contributed by atoms with Crippen molar-refractivity contribution in [2.45, 2.75) is 19.9 Å². The van der Waals surface area contributed by atoms with Crippen LogP contribution in [0.4, 0.5) is 5.69 Å². The van der Waals surface area contributed by atoms with E-state index in [2.05, 4.69) is 22.2 Å². The molecule has 0 unspecified atom stereocenters. The molecule has 21 heavy (non-hydrogen) atoms. The van der Waals surface area contributed by atoms with Gasteiger partial charge in [-0.3, -0.25) is 14.3 Å². The maximum Gasteiger partial charge on any atom is 0.262 e. The first-order chi connectivity index (χ1) is 10.3. The van der Waals surface area contributed by atoms with Crippen LogP contribution in [0.3, 0.4) is 0 Å². The van der Waals surface area contributed by atoms with Crippen molar-refractivity contribution in [1.82, 2.24) is 14.5 Å². The maximum atomic E-state index is 12.3. The summed E-state index contributed by atoms with van der Waals surface area (Å²) < 4.78 is 1.60. The standard InChI is InChI=1S/C15H16N4OS/c1-2-5-16-11-3-6-17-12(8-11)9-19-10-18-14-13(15(19)20)4-7-21-14/h3-4,6-8,10H,2,5,9H2,1H3,(H,16,17). The molecule has 108 valence electrons. The number of nitrogens with zero attached hydrogens (tertiary/aromatic N) is 3. The second-order valence-electron chi connectivity index (χ2n) is 4.78. The van der Waals surface area contributed by atoms with Crippen molar-refractivity contribution in [2.75, 3.05) is 11.9 Å². The molecule has 0 radical (unpaired) electrons. The highest BCUT2D eigenvalue weighted by Gasteiger charge is 2.06. The van der Waals surface area contributed by atoms with E-state index in [1.54, 1.807) is 17.1 Å². The first-order valence-corrected chi connectivity index (χ1v) is 7.77. The molecular formula is C15H16N4OS.